The summed E-state index contributed by atoms with van der Waals surface area (Å²) in [5.41, 5.74) is 10.4. The van der Waals surface area contributed by atoms with Crippen LogP contribution < -0.4 is 9.64 Å². The number of H-pyrrole nitrogens is 1. The number of rotatable bonds is 6. The van der Waals surface area contributed by atoms with E-state index < -0.39 is 0 Å². The lowest BCUT2D eigenvalue weighted by Gasteiger charge is -2.33. The van der Waals surface area contributed by atoms with Gasteiger partial charge < -0.3 is 14.5 Å². The molecule has 2 aliphatic rings. The molecule has 0 aliphatic carbocycles. The Kier molecular flexibility index (Phi) is 6.79. The average Bonchev–Trinajstić information content (AvgIpc) is 3.51. The first-order chi connectivity index (χ1) is 18.8. The van der Waals surface area contributed by atoms with E-state index in [-0.39, 0.29) is 0 Å². The zero-order valence-corrected chi connectivity index (χ0v) is 24.1. The van der Waals surface area contributed by atoms with Gasteiger partial charge in [-0.2, -0.15) is 10.1 Å². The Morgan fingerprint density at radius 3 is 2.64 bits per heavy atom. The molecule has 0 unspecified atom stereocenters. The number of aromatic nitrogens is 4. The number of fused-ring (bicyclic) bond motifs is 2. The van der Waals surface area contributed by atoms with Gasteiger partial charge in [-0.1, -0.05) is 32.0 Å². The molecular formula is C32H40N6O. The summed E-state index contributed by atoms with van der Waals surface area (Å²) >= 11 is 0. The highest BCUT2D eigenvalue weighted by molar-refractivity contribution is 5.96. The van der Waals surface area contributed by atoms with Gasteiger partial charge in [-0.25, -0.2) is 4.98 Å². The third kappa shape index (κ3) is 4.78. The standard InChI is InChI=1S/C32H40N6O/c1-19(2)23-11-9-20(3)28(16-23)38-15-13-26-25(17-38)32(39-18-24-8-7-14-37(24)6)34-31(33-26)29-21(4)10-12-27-30(29)22(5)35-36-27/h9-12,16,19,24H,7-8,13-15,17-18H2,1-6H3,(H,35,36)/t24-/m0/s1. The Bertz CT molecular complexity index is 1520. The number of likely N-dealkylation sites (tertiary alicyclic amines) is 1. The third-order valence-electron chi connectivity index (χ3n) is 8.68. The van der Waals surface area contributed by atoms with Crippen molar-refractivity contribution in [3.8, 4) is 17.3 Å². The topological polar surface area (TPSA) is 70.2 Å². The molecule has 0 radical (unpaired) electrons. The molecule has 1 fully saturated rings. The molecule has 0 saturated carbocycles. The van der Waals surface area contributed by atoms with Crippen molar-refractivity contribution in [2.24, 2.45) is 0 Å². The molecule has 2 aromatic heterocycles. The van der Waals surface area contributed by atoms with E-state index in [1.807, 2.05) is 0 Å². The maximum absolute atomic E-state index is 6.62. The Labute approximate surface area is 231 Å². The van der Waals surface area contributed by atoms with Crippen LogP contribution in [0.1, 0.15) is 66.2 Å². The van der Waals surface area contributed by atoms with Crippen molar-refractivity contribution < 1.29 is 4.74 Å². The number of likely N-dealkylation sites (N-methyl/N-ethyl adjacent to an activating group) is 1. The van der Waals surface area contributed by atoms with Gasteiger partial charge in [-0.3, -0.25) is 5.10 Å². The molecule has 4 heterocycles. The maximum Gasteiger partial charge on any atom is 0.222 e. The van der Waals surface area contributed by atoms with Crippen molar-refractivity contribution in [2.45, 2.75) is 72.4 Å². The highest BCUT2D eigenvalue weighted by atomic mass is 16.5. The number of anilines is 1. The van der Waals surface area contributed by atoms with Crippen LogP contribution in [0.4, 0.5) is 5.69 Å². The van der Waals surface area contributed by atoms with Gasteiger partial charge in [0.15, 0.2) is 5.82 Å². The number of hydrogen-bond donors (Lipinski definition) is 1. The van der Waals surface area contributed by atoms with Gasteiger partial charge >= 0.3 is 0 Å². The van der Waals surface area contributed by atoms with E-state index in [1.165, 1.54) is 23.2 Å². The summed E-state index contributed by atoms with van der Waals surface area (Å²) < 4.78 is 6.62. The summed E-state index contributed by atoms with van der Waals surface area (Å²) in [5, 5.41) is 8.74. The number of aryl methyl sites for hydroxylation is 3. The molecule has 0 amide bonds. The van der Waals surface area contributed by atoms with E-state index in [0.717, 1.165) is 83.2 Å². The van der Waals surface area contributed by atoms with Crippen molar-refractivity contribution in [1.82, 2.24) is 25.1 Å². The lowest BCUT2D eigenvalue weighted by Crippen LogP contribution is -2.34. The second-order valence-electron chi connectivity index (χ2n) is 11.7. The fourth-order valence-electron chi connectivity index (χ4n) is 6.17. The minimum absolute atomic E-state index is 0.421. The van der Waals surface area contributed by atoms with E-state index in [9.17, 15) is 0 Å². The molecule has 6 rings (SSSR count). The third-order valence-corrected chi connectivity index (χ3v) is 8.68. The maximum atomic E-state index is 6.62. The van der Waals surface area contributed by atoms with Crippen molar-refractivity contribution in [1.29, 1.82) is 0 Å². The van der Waals surface area contributed by atoms with Gasteiger partial charge in [0, 0.05) is 41.3 Å². The molecule has 0 spiro atoms. The van der Waals surface area contributed by atoms with Crippen LogP contribution >= 0.6 is 0 Å². The Morgan fingerprint density at radius 2 is 1.87 bits per heavy atom. The van der Waals surface area contributed by atoms with Crippen LogP contribution in [0.3, 0.4) is 0 Å². The quantitative estimate of drug-likeness (QED) is 0.328. The van der Waals surface area contributed by atoms with Crippen LogP contribution in [0.15, 0.2) is 30.3 Å². The van der Waals surface area contributed by atoms with Crippen molar-refractivity contribution in [3.63, 3.8) is 0 Å². The lowest BCUT2D eigenvalue weighted by atomic mass is 9.98. The number of nitrogens with one attached hydrogen (secondary N) is 1. The van der Waals surface area contributed by atoms with Crippen molar-refractivity contribution >= 4 is 16.6 Å². The van der Waals surface area contributed by atoms with Gasteiger partial charge in [0.25, 0.3) is 0 Å². The number of ether oxygens (including phenoxy) is 1. The highest BCUT2D eigenvalue weighted by Gasteiger charge is 2.28. The molecule has 0 bridgehead atoms. The molecule has 7 nitrogen and oxygen atoms in total. The molecule has 7 heteroatoms. The molecule has 2 aliphatic heterocycles. The SMILES string of the molecule is Cc1ccc(C(C)C)cc1N1CCc2nc(-c3c(C)ccc4n[nH]c(C)c34)nc(OC[C@@H]3CCCN3C)c2C1. The van der Waals surface area contributed by atoms with E-state index in [4.69, 9.17) is 14.7 Å². The number of benzene rings is 2. The molecular weight excluding hydrogens is 484 g/mol. The normalized spacial score (nSPS) is 17.8. The van der Waals surface area contributed by atoms with Gasteiger partial charge in [0.05, 0.1) is 23.3 Å². The van der Waals surface area contributed by atoms with Gasteiger partial charge in [-0.15, -0.1) is 0 Å². The molecule has 204 valence electrons. The number of hydrogen-bond acceptors (Lipinski definition) is 6. The minimum atomic E-state index is 0.421. The summed E-state index contributed by atoms with van der Waals surface area (Å²) in [6, 6.07) is 11.5. The first kappa shape index (κ1) is 25.8. The van der Waals surface area contributed by atoms with Gasteiger partial charge in [-0.05, 0) is 81.9 Å². The smallest absolute Gasteiger partial charge is 0.222 e. The second kappa shape index (κ2) is 10.3. The minimum Gasteiger partial charge on any atom is -0.476 e. The molecule has 2 aromatic carbocycles. The van der Waals surface area contributed by atoms with Crippen molar-refractivity contribution in [3.05, 3.63) is 64.0 Å². The zero-order chi connectivity index (χ0) is 27.3. The van der Waals surface area contributed by atoms with E-state index in [1.54, 1.807) is 0 Å². The zero-order valence-electron chi connectivity index (χ0n) is 24.1. The molecule has 39 heavy (non-hydrogen) atoms. The van der Waals surface area contributed by atoms with Crippen LogP contribution in [0.5, 0.6) is 5.88 Å². The van der Waals surface area contributed by atoms with Crippen LogP contribution in [-0.4, -0.2) is 57.9 Å². The van der Waals surface area contributed by atoms with Gasteiger partial charge in [0.1, 0.15) is 6.61 Å². The van der Waals surface area contributed by atoms with Crippen LogP contribution in [0, 0.1) is 20.8 Å². The Balaban J connectivity index is 1.43. The fraction of sp³-hybridized carbons (Fsp3) is 0.469. The average molecular weight is 525 g/mol. The summed E-state index contributed by atoms with van der Waals surface area (Å²) in [5.74, 6) is 1.96. The predicted octanol–water partition coefficient (Wildman–Crippen LogP) is 6.10. The Hall–Kier alpha value is -3.45. The van der Waals surface area contributed by atoms with E-state index in [2.05, 4.69) is 92.0 Å². The lowest BCUT2D eigenvalue weighted by molar-refractivity contribution is 0.191. The number of aromatic amines is 1. The van der Waals surface area contributed by atoms with Crippen molar-refractivity contribution in [2.75, 3.05) is 31.6 Å². The molecule has 1 N–H and O–H groups in total. The Morgan fingerprint density at radius 1 is 1.05 bits per heavy atom. The molecule has 1 saturated heterocycles. The largest absolute Gasteiger partial charge is 0.476 e. The summed E-state index contributed by atoms with van der Waals surface area (Å²) in [4.78, 5) is 15.2. The van der Waals surface area contributed by atoms with E-state index in [0.29, 0.717) is 18.6 Å². The van der Waals surface area contributed by atoms with Crippen LogP contribution in [0.2, 0.25) is 0 Å². The summed E-state index contributed by atoms with van der Waals surface area (Å²) in [7, 11) is 2.19. The summed E-state index contributed by atoms with van der Waals surface area (Å²) in [6.45, 7) is 14.4. The van der Waals surface area contributed by atoms with Crippen LogP contribution in [0.25, 0.3) is 22.3 Å². The summed E-state index contributed by atoms with van der Waals surface area (Å²) in [6.07, 6.45) is 3.24. The van der Waals surface area contributed by atoms with Crippen LogP contribution in [-0.2, 0) is 13.0 Å². The van der Waals surface area contributed by atoms with E-state index >= 15 is 0 Å². The van der Waals surface area contributed by atoms with Gasteiger partial charge in [0.2, 0.25) is 5.88 Å². The monoisotopic (exact) mass is 524 g/mol. The second-order valence-corrected chi connectivity index (χ2v) is 11.7. The first-order valence-corrected chi connectivity index (χ1v) is 14.3. The fourth-order valence-corrected chi connectivity index (χ4v) is 6.17. The predicted molar refractivity (Wildman–Crippen MR) is 158 cm³/mol. The number of nitrogens with zero attached hydrogens (tertiary/aromatic N) is 5. The first-order valence-electron chi connectivity index (χ1n) is 14.3. The highest BCUT2D eigenvalue weighted by Crippen LogP contribution is 2.37. The molecule has 1 atom stereocenters. The molecule has 4 aromatic rings.